The molecule has 0 spiro atoms. The highest BCUT2D eigenvalue weighted by Gasteiger charge is 2.40. The lowest BCUT2D eigenvalue weighted by molar-refractivity contribution is -0.170. The fraction of sp³-hybridized carbons (Fsp3) is 0.434. The van der Waals surface area contributed by atoms with Crippen LogP contribution in [0.15, 0.2) is 84.9 Å². The molecule has 0 saturated heterocycles. The van der Waals surface area contributed by atoms with E-state index in [-0.39, 0.29) is 50.4 Å². The van der Waals surface area contributed by atoms with Gasteiger partial charge in [-0.25, -0.2) is 0 Å². The minimum atomic E-state index is -3.87. The van der Waals surface area contributed by atoms with Crippen LogP contribution in [0, 0.1) is 33.1 Å². The van der Waals surface area contributed by atoms with E-state index in [1.807, 2.05) is 24.3 Å². The summed E-state index contributed by atoms with van der Waals surface area (Å²) < 4.78 is 61.8. The molecule has 0 amide bonds. The van der Waals surface area contributed by atoms with Crippen LogP contribution in [-0.4, -0.2) is 97.6 Å². The van der Waals surface area contributed by atoms with Gasteiger partial charge in [-0.05, 0) is 99.2 Å². The number of hydrogen-bond donors (Lipinski definition) is 2. The van der Waals surface area contributed by atoms with Crippen molar-refractivity contribution in [1.29, 1.82) is 0 Å². The lowest BCUT2D eigenvalue weighted by atomic mass is 9.92. The van der Waals surface area contributed by atoms with Gasteiger partial charge < -0.3 is 28.0 Å². The normalized spacial score (nSPS) is 13.0. The first-order valence-electron chi connectivity index (χ1n) is 23.8. The van der Waals surface area contributed by atoms with Crippen LogP contribution in [0.1, 0.15) is 93.6 Å². The Morgan fingerprint density at radius 2 is 0.795 bits per heavy atom. The summed E-state index contributed by atoms with van der Waals surface area (Å²) in [6.45, 7) is 9.11. The molecule has 4 rings (SSSR count). The third kappa shape index (κ3) is 18.0. The summed E-state index contributed by atoms with van der Waals surface area (Å²) in [5.41, 5.74) is 2.49. The van der Waals surface area contributed by atoms with Crippen molar-refractivity contribution in [3.63, 3.8) is 0 Å². The quantitative estimate of drug-likeness (QED) is 0.0154. The van der Waals surface area contributed by atoms with Crippen LogP contribution in [-0.2, 0) is 67.8 Å². The summed E-state index contributed by atoms with van der Waals surface area (Å²) in [6, 6.07) is 24.3. The van der Waals surface area contributed by atoms with Crippen molar-refractivity contribution < 1.29 is 65.9 Å². The van der Waals surface area contributed by atoms with Gasteiger partial charge in [0.05, 0.1) is 38.9 Å². The van der Waals surface area contributed by atoms with Gasteiger partial charge in [-0.3, -0.25) is 37.9 Å². The molecule has 0 aliphatic heterocycles. The molecule has 14 nitrogen and oxygen atoms in total. The average molecular weight is 1120 g/mol. The lowest BCUT2D eigenvalue weighted by Crippen LogP contribution is -2.44. The van der Waals surface area contributed by atoms with Gasteiger partial charge in [0.15, 0.2) is 0 Å². The van der Waals surface area contributed by atoms with Crippen molar-refractivity contribution in [1.82, 2.24) is 0 Å². The van der Waals surface area contributed by atoms with E-state index in [1.54, 1.807) is 102 Å². The molecular weight excluding hydrogens is 1050 g/mol. The Morgan fingerprint density at radius 1 is 0.493 bits per heavy atom. The zero-order valence-electron chi connectivity index (χ0n) is 42.2. The standard InChI is InChI=1S/C53H66O14P2S4/c1-7-66-68(60,43-15-11-9-12-16-43)51(58)49-37(3)27-41(28-38(49)4)31-72-25-21-47(56)64-35-53(33-62-45(54)19-23-70,34-63-46(55)20-24-71)36-65-48(57)22-26-73-32-42-29-39(5)50(40(6)30-42)52(59)69(61,67-8-2)44-17-13-10-14-18-44/h9-18,27-30,70-71H,7-8,19-26,31-36H2,1-6H3. The van der Waals surface area contributed by atoms with Gasteiger partial charge in [0.25, 0.3) is 11.0 Å². The molecule has 2 unspecified atom stereocenters. The summed E-state index contributed by atoms with van der Waals surface area (Å²) in [4.78, 5) is 79.2. The minimum absolute atomic E-state index is 0.0143. The summed E-state index contributed by atoms with van der Waals surface area (Å²) in [5.74, 6) is -0.281. The van der Waals surface area contributed by atoms with E-state index < -0.39 is 81.5 Å². The average Bonchev–Trinajstić information content (AvgIpc) is 3.36. The fourth-order valence-corrected chi connectivity index (χ4v) is 13.9. The summed E-state index contributed by atoms with van der Waals surface area (Å²) in [7, 11) is -7.74. The van der Waals surface area contributed by atoms with E-state index in [1.165, 1.54) is 23.5 Å². The molecule has 73 heavy (non-hydrogen) atoms. The molecule has 0 aliphatic rings. The van der Waals surface area contributed by atoms with E-state index in [2.05, 4.69) is 25.3 Å². The summed E-state index contributed by atoms with van der Waals surface area (Å²) in [6.07, 6.45) is -0.0715. The van der Waals surface area contributed by atoms with Crippen molar-refractivity contribution in [2.24, 2.45) is 5.41 Å². The molecule has 0 aromatic heterocycles. The van der Waals surface area contributed by atoms with Crippen LogP contribution >= 0.6 is 63.5 Å². The van der Waals surface area contributed by atoms with Gasteiger partial charge in [0, 0.05) is 56.3 Å². The second-order valence-corrected chi connectivity index (χ2v) is 24.8. The largest absolute Gasteiger partial charge is 0.465 e. The predicted molar refractivity (Wildman–Crippen MR) is 296 cm³/mol. The summed E-state index contributed by atoms with van der Waals surface area (Å²) >= 11 is 11.1. The number of thioether (sulfide) groups is 2. The van der Waals surface area contributed by atoms with Gasteiger partial charge in [-0.2, -0.15) is 48.8 Å². The molecule has 0 radical (unpaired) electrons. The molecule has 0 heterocycles. The number of rotatable bonds is 32. The predicted octanol–water partition coefficient (Wildman–Crippen LogP) is 10.2. The molecule has 2 atom stereocenters. The van der Waals surface area contributed by atoms with Crippen LogP contribution in [0.2, 0.25) is 0 Å². The first kappa shape index (κ1) is 61.4. The topological polar surface area (TPSA) is 192 Å². The highest BCUT2D eigenvalue weighted by Crippen LogP contribution is 2.51. The van der Waals surface area contributed by atoms with Crippen molar-refractivity contribution in [2.45, 2.75) is 78.7 Å². The molecular formula is C53H66O14P2S4. The maximum absolute atomic E-state index is 14.0. The van der Waals surface area contributed by atoms with E-state index >= 15 is 0 Å². The molecule has 4 aromatic rings. The third-order valence-corrected chi connectivity index (χ3v) is 18.4. The van der Waals surface area contributed by atoms with Crippen molar-refractivity contribution >= 4 is 109 Å². The molecule has 20 heteroatoms. The van der Waals surface area contributed by atoms with Crippen LogP contribution in [0.25, 0.3) is 0 Å². The number of carbonyl (C=O) groups is 6. The monoisotopic (exact) mass is 1120 g/mol. The number of ether oxygens (including phenoxy) is 4. The lowest BCUT2D eigenvalue weighted by Gasteiger charge is -2.31. The van der Waals surface area contributed by atoms with Crippen molar-refractivity contribution in [3.8, 4) is 0 Å². The van der Waals surface area contributed by atoms with Crippen LogP contribution < -0.4 is 10.6 Å². The first-order valence-corrected chi connectivity index (χ1v) is 30.6. The maximum atomic E-state index is 14.0. The van der Waals surface area contributed by atoms with Gasteiger partial charge in [-0.15, -0.1) is 0 Å². The second kappa shape index (κ2) is 30.4. The van der Waals surface area contributed by atoms with Crippen LogP contribution in [0.5, 0.6) is 0 Å². The Morgan fingerprint density at radius 3 is 1.08 bits per heavy atom. The zero-order valence-corrected chi connectivity index (χ0v) is 47.4. The van der Waals surface area contributed by atoms with Gasteiger partial charge in [-0.1, -0.05) is 60.7 Å². The number of hydrogen-bond acceptors (Lipinski definition) is 18. The van der Waals surface area contributed by atoms with Crippen LogP contribution in [0.4, 0.5) is 0 Å². The smallest absolute Gasteiger partial charge is 0.306 e. The number of carbonyl (C=O) groups excluding carboxylic acids is 6. The summed E-state index contributed by atoms with van der Waals surface area (Å²) in [5, 5.41) is 0.661. The van der Waals surface area contributed by atoms with Gasteiger partial charge in [0.1, 0.15) is 31.8 Å². The zero-order chi connectivity index (χ0) is 53.6. The highest BCUT2D eigenvalue weighted by molar-refractivity contribution is 7.98. The number of esters is 4. The van der Waals surface area contributed by atoms with Crippen molar-refractivity contribution in [2.75, 3.05) is 62.7 Å². The molecule has 396 valence electrons. The Kier molecular flexibility index (Phi) is 25.6. The molecule has 0 bridgehead atoms. The third-order valence-electron chi connectivity index (χ3n) is 11.2. The molecule has 0 N–H and O–H groups in total. The Balaban J connectivity index is 1.37. The van der Waals surface area contributed by atoms with E-state index in [4.69, 9.17) is 28.0 Å². The SMILES string of the molecule is CCOP(=O)(C(=O)c1c(C)cc(CSCCC(=O)OCC(COC(=O)CCS)(COC(=O)CCS)COC(=O)CCSCc2cc(C)c(C(=O)P(=O)(OCC)c3ccccc3)c(C)c2)cc1C)c1ccccc1. The number of aryl methyl sites for hydroxylation is 4. The fourth-order valence-electron chi connectivity index (χ4n) is 7.70. The Labute approximate surface area is 448 Å². The van der Waals surface area contributed by atoms with Crippen molar-refractivity contribution in [3.05, 3.63) is 129 Å². The number of thiol groups is 2. The van der Waals surface area contributed by atoms with E-state index in [0.717, 1.165) is 11.1 Å². The van der Waals surface area contributed by atoms with E-state index in [0.29, 0.717) is 67.0 Å². The molecule has 0 fully saturated rings. The second-order valence-electron chi connectivity index (χ2n) is 17.1. The molecule has 0 aliphatic carbocycles. The maximum Gasteiger partial charge on any atom is 0.306 e. The van der Waals surface area contributed by atoms with Gasteiger partial charge in [0.2, 0.25) is 0 Å². The molecule has 4 aromatic carbocycles. The van der Waals surface area contributed by atoms with Crippen LogP contribution in [0.3, 0.4) is 0 Å². The van der Waals surface area contributed by atoms with E-state index in [9.17, 15) is 37.9 Å². The first-order chi connectivity index (χ1) is 34.9. The number of benzene rings is 4. The Bertz CT molecular complexity index is 2400. The Hall–Kier alpha value is -4.12. The minimum Gasteiger partial charge on any atom is -0.465 e. The molecule has 0 saturated carbocycles. The highest BCUT2D eigenvalue weighted by atomic mass is 32.2. The van der Waals surface area contributed by atoms with Gasteiger partial charge >= 0.3 is 38.6 Å².